The molecule has 1 aromatic rings. The molecule has 0 spiro atoms. The van der Waals surface area contributed by atoms with E-state index in [1.165, 1.54) is 39.0 Å². The fourth-order valence-corrected chi connectivity index (χ4v) is 2.81. The van der Waals surface area contributed by atoms with Crippen LogP contribution in [-0.2, 0) is 4.79 Å². The number of benzene rings is 1. The second-order valence-electron chi connectivity index (χ2n) is 6.09. The highest BCUT2D eigenvalue weighted by molar-refractivity contribution is 5.94. The van der Waals surface area contributed by atoms with Gasteiger partial charge in [0.25, 0.3) is 5.91 Å². The van der Waals surface area contributed by atoms with Crippen LogP contribution < -0.4 is 10.1 Å². The Kier molecular flexibility index (Phi) is 5.99. The van der Waals surface area contributed by atoms with Gasteiger partial charge in [0, 0.05) is 12.1 Å². The molecule has 0 radical (unpaired) electrons. The highest BCUT2D eigenvalue weighted by Gasteiger charge is 2.18. The molecule has 1 fully saturated rings. The highest BCUT2D eigenvalue weighted by atomic mass is 16.5. The molecule has 0 bridgehead atoms. The van der Waals surface area contributed by atoms with E-state index in [2.05, 4.69) is 5.32 Å². The summed E-state index contributed by atoms with van der Waals surface area (Å²) < 4.78 is 5.63. The van der Waals surface area contributed by atoms with E-state index in [0.29, 0.717) is 17.2 Å². The summed E-state index contributed by atoms with van der Waals surface area (Å²) in [5, 5.41) is 2.98. The van der Waals surface area contributed by atoms with Crippen molar-refractivity contribution in [3.63, 3.8) is 0 Å². The van der Waals surface area contributed by atoms with Gasteiger partial charge in [-0.2, -0.15) is 0 Å². The summed E-state index contributed by atoms with van der Waals surface area (Å²) >= 11 is 0. The molecule has 0 aliphatic heterocycles. The molecule has 1 amide bonds. The quantitative estimate of drug-likeness (QED) is 0.820. The second kappa shape index (κ2) is 7.97. The maximum atomic E-state index is 12.1. The van der Waals surface area contributed by atoms with E-state index in [9.17, 15) is 9.59 Å². The van der Waals surface area contributed by atoms with Crippen LogP contribution in [0, 0.1) is 5.92 Å². The van der Waals surface area contributed by atoms with Gasteiger partial charge in [-0.3, -0.25) is 9.59 Å². The molecule has 0 aromatic heterocycles. The van der Waals surface area contributed by atoms with Gasteiger partial charge >= 0.3 is 0 Å². The molecule has 0 unspecified atom stereocenters. The van der Waals surface area contributed by atoms with Crippen molar-refractivity contribution in [3.8, 4) is 5.75 Å². The van der Waals surface area contributed by atoms with E-state index in [1.807, 2.05) is 0 Å². The summed E-state index contributed by atoms with van der Waals surface area (Å²) in [6.45, 7) is 4.02. The number of rotatable bonds is 6. The number of hydrogen-bond acceptors (Lipinski definition) is 3. The molecule has 0 saturated heterocycles. The molecule has 4 heteroatoms. The fourth-order valence-electron chi connectivity index (χ4n) is 2.81. The zero-order chi connectivity index (χ0) is 15.9. The van der Waals surface area contributed by atoms with Crippen LogP contribution in [0.15, 0.2) is 24.3 Å². The van der Waals surface area contributed by atoms with Gasteiger partial charge in [0.15, 0.2) is 11.9 Å². The summed E-state index contributed by atoms with van der Waals surface area (Å²) in [6, 6.07) is 6.87. The first-order valence-electron chi connectivity index (χ1n) is 8.11. The monoisotopic (exact) mass is 303 g/mol. The number of carbonyl (C=O) groups excluding carboxylic acids is 2. The van der Waals surface area contributed by atoms with E-state index >= 15 is 0 Å². The lowest BCUT2D eigenvalue weighted by molar-refractivity contribution is -0.127. The SMILES string of the molecule is CC(=O)c1ccc(O[C@@H](C)C(=O)NCC2CCCCC2)cc1. The van der Waals surface area contributed by atoms with Crippen molar-refractivity contribution in [2.24, 2.45) is 5.92 Å². The van der Waals surface area contributed by atoms with Crippen LogP contribution in [0.5, 0.6) is 5.75 Å². The Morgan fingerprint density at radius 1 is 1.18 bits per heavy atom. The van der Waals surface area contributed by atoms with Gasteiger partial charge in [-0.1, -0.05) is 19.3 Å². The Labute approximate surface area is 132 Å². The number of hydrogen-bond donors (Lipinski definition) is 1. The van der Waals surface area contributed by atoms with Gasteiger partial charge in [0.05, 0.1) is 0 Å². The lowest BCUT2D eigenvalue weighted by Gasteiger charge is -2.23. The average molecular weight is 303 g/mol. The molecular weight excluding hydrogens is 278 g/mol. The van der Waals surface area contributed by atoms with Crippen LogP contribution in [0.25, 0.3) is 0 Å². The van der Waals surface area contributed by atoms with Crippen LogP contribution >= 0.6 is 0 Å². The zero-order valence-electron chi connectivity index (χ0n) is 13.4. The first kappa shape index (κ1) is 16.5. The van der Waals surface area contributed by atoms with Crippen LogP contribution in [0.4, 0.5) is 0 Å². The van der Waals surface area contributed by atoms with Crippen molar-refractivity contribution in [2.75, 3.05) is 6.54 Å². The Morgan fingerprint density at radius 3 is 2.41 bits per heavy atom. The number of nitrogens with one attached hydrogen (secondary N) is 1. The van der Waals surface area contributed by atoms with Gasteiger partial charge in [-0.05, 0) is 56.9 Å². The topological polar surface area (TPSA) is 55.4 Å². The molecule has 1 saturated carbocycles. The molecular formula is C18H25NO3. The average Bonchev–Trinajstić information content (AvgIpc) is 2.54. The van der Waals surface area contributed by atoms with E-state index in [4.69, 9.17) is 4.74 Å². The van der Waals surface area contributed by atoms with Crippen molar-refractivity contribution in [3.05, 3.63) is 29.8 Å². The van der Waals surface area contributed by atoms with Crippen molar-refractivity contribution in [1.82, 2.24) is 5.32 Å². The summed E-state index contributed by atoms with van der Waals surface area (Å²) in [6.07, 6.45) is 5.75. The summed E-state index contributed by atoms with van der Waals surface area (Å²) in [5.74, 6) is 1.15. The Balaban J connectivity index is 1.78. The third kappa shape index (κ3) is 4.86. The number of Topliss-reactive ketones (excluding diaryl/α,β-unsaturated/α-hetero) is 1. The lowest BCUT2D eigenvalue weighted by Crippen LogP contribution is -2.39. The molecule has 1 aromatic carbocycles. The predicted octanol–water partition coefficient (Wildman–Crippen LogP) is 3.35. The standard InChI is InChI=1S/C18H25NO3/c1-13(20)16-8-10-17(11-9-16)22-14(2)18(21)19-12-15-6-4-3-5-7-15/h8-11,14-15H,3-7,12H2,1-2H3,(H,19,21)/t14-/m0/s1. The van der Waals surface area contributed by atoms with Crippen LogP contribution in [-0.4, -0.2) is 24.3 Å². The molecule has 2 rings (SSSR count). The normalized spacial score (nSPS) is 16.8. The van der Waals surface area contributed by atoms with Gasteiger partial charge in [0.1, 0.15) is 5.75 Å². The Bertz CT molecular complexity index is 504. The third-order valence-electron chi connectivity index (χ3n) is 4.23. The number of ketones is 1. The third-order valence-corrected chi connectivity index (χ3v) is 4.23. The molecule has 1 aliphatic rings. The number of carbonyl (C=O) groups is 2. The molecule has 1 N–H and O–H groups in total. The molecule has 0 heterocycles. The van der Waals surface area contributed by atoms with Crippen molar-refractivity contribution in [2.45, 2.75) is 52.1 Å². The largest absolute Gasteiger partial charge is 0.481 e. The minimum Gasteiger partial charge on any atom is -0.481 e. The van der Waals surface area contributed by atoms with Crippen LogP contribution in [0.3, 0.4) is 0 Å². The van der Waals surface area contributed by atoms with Crippen molar-refractivity contribution >= 4 is 11.7 Å². The van der Waals surface area contributed by atoms with Gasteiger partial charge in [-0.25, -0.2) is 0 Å². The first-order chi connectivity index (χ1) is 10.6. The van der Waals surface area contributed by atoms with E-state index in [1.54, 1.807) is 31.2 Å². The predicted molar refractivity (Wildman–Crippen MR) is 86.1 cm³/mol. The summed E-state index contributed by atoms with van der Waals surface area (Å²) in [5.41, 5.74) is 0.641. The van der Waals surface area contributed by atoms with Crippen molar-refractivity contribution < 1.29 is 14.3 Å². The highest BCUT2D eigenvalue weighted by Crippen LogP contribution is 2.22. The fraction of sp³-hybridized carbons (Fsp3) is 0.556. The van der Waals surface area contributed by atoms with Gasteiger partial charge < -0.3 is 10.1 Å². The lowest BCUT2D eigenvalue weighted by atomic mass is 9.89. The van der Waals surface area contributed by atoms with E-state index < -0.39 is 6.10 Å². The smallest absolute Gasteiger partial charge is 0.260 e. The maximum absolute atomic E-state index is 12.1. The molecule has 120 valence electrons. The second-order valence-corrected chi connectivity index (χ2v) is 6.09. The Hall–Kier alpha value is -1.84. The number of ether oxygens (including phenoxy) is 1. The van der Waals surface area contributed by atoms with Gasteiger partial charge in [-0.15, -0.1) is 0 Å². The molecule has 1 atom stereocenters. The number of amides is 1. The summed E-state index contributed by atoms with van der Waals surface area (Å²) in [7, 11) is 0. The minimum atomic E-state index is -0.535. The summed E-state index contributed by atoms with van der Waals surface area (Å²) in [4.78, 5) is 23.3. The molecule has 1 aliphatic carbocycles. The van der Waals surface area contributed by atoms with Crippen LogP contribution in [0.1, 0.15) is 56.3 Å². The van der Waals surface area contributed by atoms with E-state index in [0.717, 1.165) is 6.54 Å². The zero-order valence-corrected chi connectivity index (χ0v) is 13.4. The Morgan fingerprint density at radius 2 is 1.82 bits per heavy atom. The maximum Gasteiger partial charge on any atom is 0.260 e. The minimum absolute atomic E-state index is 0.0184. The first-order valence-corrected chi connectivity index (χ1v) is 8.11. The van der Waals surface area contributed by atoms with Crippen LogP contribution in [0.2, 0.25) is 0 Å². The molecule has 4 nitrogen and oxygen atoms in total. The van der Waals surface area contributed by atoms with Gasteiger partial charge in [0.2, 0.25) is 0 Å². The van der Waals surface area contributed by atoms with Crippen molar-refractivity contribution in [1.29, 1.82) is 0 Å². The van der Waals surface area contributed by atoms with E-state index in [-0.39, 0.29) is 11.7 Å². The molecule has 22 heavy (non-hydrogen) atoms.